The van der Waals surface area contributed by atoms with E-state index in [4.69, 9.17) is 5.11 Å². The molecular formula is C17H33NO2. The highest BCUT2D eigenvalue weighted by Crippen LogP contribution is 2.20. The van der Waals surface area contributed by atoms with E-state index in [9.17, 15) is 4.79 Å². The van der Waals surface area contributed by atoms with Crippen molar-refractivity contribution in [2.75, 3.05) is 13.6 Å². The number of carbonyl (C=O) groups is 1. The third kappa shape index (κ3) is 8.57. The van der Waals surface area contributed by atoms with Gasteiger partial charge in [0, 0.05) is 12.5 Å². The maximum absolute atomic E-state index is 10.6. The first-order valence-electron chi connectivity index (χ1n) is 8.62. The molecule has 3 heteroatoms. The Balaban J connectivity index is 2.30. The molecule has 20 heavy (non-hydrogen) atoms. The molecule has 3 nitrogen and oxygen atoms in total. The van der Waals surface area contributed by atoms with Crippen molar-refractivity contribution >= 4 is 5.97 Å². The molecule has 0 aromatic heterocycles. The largest absolute Gasteiger partial charge is 0.481 e. The summed E-state index contributed by atoms with van der Waals surface area (Å²) in [4.78, 5) is 13.0. The van der Waals surface area contributed by atoms with Crippen LogP contribution in [0.4, 0.5) is 0 Å². The molecule has 0 saturated heterocycles. The van der Waals surface area contributed by atoms with Gasteiger partial charge >= 0.3 is 5.97 Å². The summed E-state index contributed by atoms with van der Waals surface area (Å²) in [6.45, 7) is 0.928. The van der Waals surface area contributed by atoms with Crippen molar-refractivity contribution in [1.82, 2.24) is 4.90 Å². The van der Waals surface area contributed by atoms with Gasteiger partial charge in [0.2, 0.25) is 0 Å². The first-order chi connectivity index (χ1) is 9.70. The molecule has 0 amide bonds. The minimum absolute atomic E-state index is 0.303. The fourth-order valence-electron chi connectivity index (χ4n) is 3.24. The molecule has 1 fully saturated rings. The van der Waals surface area contributed by atoms with Gasteiger partial charge in [-0.15, -0.1) is 0 Å². The molecule has 0 radical (unpaired) electrons. The summed E-state index contributed by atoms with van der Waals surface area (Å²) < 4.78 is 0. The summed E-state index contributed by atoms with van der Waals surface area (Å²) in [6.07, 6.45) is 16.2. The Morgan fingerprint density at radius 3 is 1.85 bits per heavy atom. The fraction of sp³-hybridized carbons (Fsp3) is 0.941. The second-order valence-corrected chi connectivity index (χ2v) is 6.39. The van der Waals surface area contributed by atoms with Crippen molar-refractivity contribution in [2.24, 2.45) is 0 Å². The van der Waals surface area contributed by atoms with E-state index in [-0.39, 0.29) is 0 Å². The van der Waals surface area contributed by atoms with Crippen LogP contribution in [0.2, 0.25) is 0 Å². The van der Waals surface area contributed by atoms with E-state index in [1.165, 1.54) is 70.6 Å². The number of carboxylic acids is 1. The van der Waals surface area contributed by atoms with Crippen LogP contribution in [0.15, 0.2) is 0 Å². The molecule has 0 heterocycles. The smallest absolute Gasteiger partial charge is 0.303 e. The van der Waals surface area contributed by atoms with E-state index in [2.05, 4.69) is 11.9 Å². The molecule has 0 spiro atoms. The van der Waals surface area contributed by atoms with Crippen LogP contribution in [-0.4, -0.2) is 35.6 Å². The minimum atomic E-state index is -0.669. The van der Waals surface area contributed by atoms with Gasteiger partial charge in [-0.25, -0.2) is 0 Å². The quantitative estimate of drug-likeness (QED) is 0.810. The van der Waals surface area contributed by atoms with Gasteiger partial charge in [0.25, 0.3) is 0 Å². The Bertz CT molecular complexity index is 243. The predicted molar refractivity (Wildman–Crippen MR) is 84.1 cm³/mol. The Kier molecular flexibility index (Phi) is 9.73. The molecule has 0 aromatic carbocycles. The predicted octanol–water partition coefficient (Wildman–Crippen LogP) is 4.46. The average Bonchev–Trinajstić information content (AvgIpc) is 2.38. The first-order valence-corrected chi connectivity index (χ1v) is 8.62. The molecule has 0 aliphatic heterocycles. The van der Waals surface area contributed by atoms with Crippen molar-refractivity contribution in [3.05, 3.63) is 0 Å². The van der Waals surface area contributed by atoms with Gasteiger partial charge in [0.15, 0.2) is 0 Å². The lowest BCUT2D eigenvalue weighted by atomic mass is 9.97. The third-order valence-corrected chi connectivity index (χ3v) is 4.60. The monoisotopic (exact) mass is 283 g/mol. The zero-order chi connectivity index (χ0) is 14.6. The third-order valence-electron chi connectivity index (χ3n) is 4.60. The van der Waals surface area contributed by atoms with Crippen LogP contribution < -0.4 is 0 Å². The molecule has 1 rings (SSSR count). The summed E-state index contributed by atoms with van der Waals surface area (Å²) in [5.41, 5.74) is 0. The molecule has 0 aromatic rings. The minimum Gasteiger partial charge on any atom is -0.481 e. The van der Waals surface area contributed by atoms with E-state index >= 15 is 0 Å². The van der Waals surface area contributed by atoms with Gasteiger partial charge in [-0.2, -0.15) is 0 Å². The standard InChI is InChI=1S/C17H33NO2/c1-18(15-11-14-17(19)20)16-12-9-7-5-3-2-4-6-8-10-13-16/h16H,2-15H2,1H3,(H,19,20). The average molecular weight is 283 g/mol. The summed E-state index contributed by atoms with van der Waals surface area (Å²) in [5, 5.41) is 8.73. The number of carboxylic acid groups (broad SMARTS) is 1. The summed E-state index contributed by atoms with van der Waals surface area (Å²) in [5.74, 6) is -0.669. The van der Waals surface area contributed by atoms with Gasteiger partial charge in [-0.05, 0) is 32.9 Å². The molecule has 0 unspecified atom stereocenters. The molecule has 1 aliphatic rings. The summed E-state index contributed by atoms with van der Waals surface area (Å²) in [7, 11) is 2.18. The van der Waals surface area contributed by atoms with Crippen molar-refractivity contribution < 1.29 is 9.90 Å². The Morgan fingerprint density at radius 1 is 0.950 bits per heavy atom. The number of nitrogens with zero attached hydrogens (tertiary/aromatic N) is 1. The lowest BCUT2D eigenvalue weighted by molar-refractivity contribution is -0.137. The lowest BCUT2D eigenvalue weighted by Crippen LogP contribution is -2.33. The van der Waals surface area contributed by atoms with Crippen LogP contribution in [0, 0.1) is 0 Å². The highest BCUT2D eigenvalue weighted by atomic mass is 16.4. The van der Waals surface area contributed by atoms with E-state index < -0.39 is 5.97 Å². The zero-order valence-corrected chi connectivity index (χ0v) is 13.3. The van der Waals surface area contributed by atoms with Gasteiger partial charge in [0.05, 0.1) is 0 Å². The Labute approximate surface area is 124 Å². The van der Waals surface area contributed by atoms with Gasteiger partial charge < -0.3 is 10.0 Å². The second kappa shape index (κ2) is 11.1. The number of rotatable bonds is 5. The van der Waals surface area contributed by atoms with Gasteiger partial charge in [-0.3, -0.25) is 4.79 Å². The van der Waals surface area contributed by atoms with Gasteiger partial charge in [-0.1, -0.05) is 57.8 Å². The SMILES string of the molecule is CN(CCCC(=O)O)C1CCCCCCCCCCC1. The van der Waals surface area contributed by atoms with Gasteiger partial charge in [0.1, 0.15) is 0 Å². The van der Waals surface area contributed by atoms with Crippen LogP contribution in [-0.2, 0) is 4.79 Å². The van der Waals surface area contributed by atoms with Crippen LogP contribution >= 0.6 is 0 Å². The van der Waals surface area contributed by atoms with Crippen molar-refractivity contribution in [2.45, 2.75) is 89.5 Å². The molecule has 1 N–H and O–H groups in total. The van der Waals surface area contributed by atoms with Crippen molar-refractivity contribution in [1.29, 1.82) is 0 Å². The van der Waals surface area contributed by atoms with E-state index in [0.29, 0.717) is 12.5 Å². The maximum atomic E-state index is 10.6. The van der Waals surface area contributed by atoms with Crippen LogP contribution in [0.5, 0.6) is 0 Å². The summed E-state index contributed by atoms with van der Waals surface area (Å²) >= 11 is 0. The molecular weight excluding hydrogens is 250 g/mol. The van der Waals surface area contributed by atoms with Crippen molar-refractivity contribution in [3.8, 4) is 0 Å². The molecule has 118 valence electrons. The van der Waals surface area contributed by atoms with Crippen LogP contribution in [0.25, 0.3) is 0 Å². The number of aliphatic carboxylic acids is 1. The first kappa shape index (κ1) is 17.5. The Morgan fingerprint density at radius 2 is 1.40 bits per heavy atom. The molecule has 1 aliphatic carbocycles. The number of hydrogen-bond donors (Lipinski definition) is 1. The lowest BCUT2D eigenvalue weighted by Gasteiger charge is -2.28. The normalized spacial score (nSPS) is 20.3. The molecule has 0 bridgehead atoms. The Hall–Kier alpha value is -0.570. The molecule has 1 saturated carbocycles. The second-order valence-electron chi connectivity index (χ2n) is 6.39. The van der Waals surface area contributed by atoms with E-state index in [1.54, 1.807) is 0 Å². The van der Waals surface area contributed by atoms with E-state index in [1.807, 2.05) is 0 Å². The fourth-order valence-corrected chi connectivity index (χ4v) is 3.24. The maximum Gasteiger partial charge on any atom is 0.303 e. The van der Waals surface area contributed by atoms with Crippen LogP contribution in [0.1, 0.15) is 83.5 Å². The highest BCUT2D eigenvalue weighted by Gasteiger charge is 2.14. The molecule has 0 atom stereocenters. The zero-order valence-electron chi connectivity index (χ0n) is 13.3. The summed E-state index contributed by atoms with van der Waals surface area (Å²) in [6, 6.07) is 0.670. The van der Waals surface area contributed by atoms with E-state index in [0.717, 1.165) is 13.0 Å². The topological polar surface area (TPSA) is 40.5 Å². The van der Waals surface area contributed by atoms with Crippen LogP contribution in [0.3, 0.4) is 0 Å². The number of hydrogen-bond acceptors (Lipinski definition) is 2. The highest BCUT2D eigenvalue weighted by molar-refractivity contribution is 5.66. The van der Waals surface area contributed by atoms with Crippen molar-refractivity contribution in [3.63, 3.8) is 0 Å².